The zero-order valence-electron chi connectivity index (χ0n) is 9.87. The standard InChI is InChI=1S/C14H11N3S/c1-10(18)11-6-2-4-8-13(11)17-14-9-5-3-7-12(14)15-16-17/h2-9H,1H3. The molecule has 0 bridgehead atoms. The lowest BCUT2D eigenvalue weighted by Gasteiger charge is -2.08. The molecule has 0 saturated heterocycles. The van der Waals surface area contributed by atoms with Gasteiger partial charge in [0.1, 0.15) is 5.52 Å². The number of para-hydroxylation sites is 2. The van der Waals surface area contributed by atoms with E-state index in [2.05, 4.69) is 10.3 Å². The third-order valence-electron chi connectivity index (χ3n) is 2.86. The van der Waals surface area contributed by atoms with Gasteiger partial charge in [-0.2, -0.15) is 0 Å². The molecule has 0 amide bonds. The lowest BCUT2D eigenvalue weighted by Crippen LogP contribution is -2.04. The van der Waals surface area contributed by atoms with Crippen molar-refractivity contribution in [3.8, 4) is 5.69 Å². The van der Waals surface area contributed by atoms with Gasteiger partial charge in [-0.15, -0.1) is 5.10 Å². The average molecular weight is 253 g/mol. The molecule has 0 atom stereocenters. The van der Waals surface area contributed by atoms with Crippen molar-refractivity contribution in [1.82, 2.24) is 15.0 Å². The zero-order chi connectivity index (χ0) is 12.5. The average Bonchev–Trinajstić information content (AvgIpc) is 2.82. The van der Waals surface area contributed by atoms with Crippen LogP contribution in [0, 0.1) is 0 Å². The van der Waals surface area contributed by atoms with Gasteiger partial charge in [-0.05, 0) is 25.1 Å². The van der Waals surface area contributed by atoms with Crippen molar-refractivity contribution in [1.29, 1.82) is 0 Å². The van der Waals surface area contributed by atoms with Crippen LogP contribution >= 0.6 is 12.2 Å². The zero-order valence-corrected chi connectivity index (χ0v) is 10.7. The number of thiocarbonyl (C=S) groups is 1. The van der Waals surface area contributed by atoms with E-state index in [9.17, 15) is 0 Å². The quantitative estimate of drug-likeness (QED) is 0.519. The maximum Gasteiger partial charge on any atom is 0.113 e. The van der Waals surface area contributed by atoms with Gasteiger partial charge in [0.2, 0.25) is 0 Å². The molecule has 0 unspecified atom stereocenters. The number of benzene rings is 2. The number of nitrogens with zero attached hydrogens (tertiary/aromatic N) is 3. The minimum Gasteiger partial charge on any atom is -0.212 e. The van der Waals surface area contributed by atoms with Crippen molar-refractivity contribution in [2.24, 2.45) is 0 Å². The topological polar surface area (TPSA) is 30.7 Å². The molecule has 4 heteroatoms. The van der Waals surface area contributed by atoms with E-state index in [1.165, 1.54) is 0 Å². The van der Waals surface area contributed by atoms with Crippen LogP contribution in [0.2, 0.25) is 0 Å². The smallest absolute Gasteiger partial charge is 0.113 e. The minimum atomic E-state index is 0.852. The summed E-state index contributed by atoms with van der Waals surface area (Å²) in [5.41, 5.74) is 3.86. The molecule has 0 aliphatic heterocycles. The van der Waals surface area contributed by atoms with Crippen molar-refractivity contribution in [2.75, 3.05) is 0 Å². The first kappa shape index (κ1) is 11.0. The van der Waals surface area contributed by atoms with Crippen LogP contribution in [0.15, 0.2) is 48.5 Å². The fourth-order valence-corrected chi connectivity index (χ4v) is 2.18. The molecule has 3 nitrogen and oxygen atoms in total. The van der Waals surface area contributed by atoms with Crippen molar-refractivity contribution in [3.05, 3.63) is 54.1 Å². The summed E-state index contributed by atoms with van der Waals surface area (Å²) in [6.45, 7) is 1.92. The highest BCUT2D eigenvalue weighted by Gasteiger charge is 2.10. The summed E-state index contributed by atoms with van der Waals surface area (Å²) in [7, 11) is 0. The van der Waals surface area contributed by atoms with Crippen LogP contribution in [-0.2, 0) is 0 Å². The van der Waals surface area contributed by atoms with Gasteiger partial charge < -0.3 is 0 Å². The molecule has 1 aromatic heterocycles. The van der Waals surface area contributed by atoms with Crippen LogP contribution in [0.25, 0.3) is 16.7 Å². The Kier molecular flexibility index (Phi) is 2.64. The van der Waals surface area contributed by atoms with Crippen LogP contribution in [0.4, 0.5) is 0 Å². The Balaban J connectivity index is 2.30. The van der Waals surface area contributed by atoms with Gasteiger partial charge in [-0.3, -0.25) is 0 Å². The molecular weight excluding hydrogens is 242 g/mol. The summed E-state index contributed by atoms with van der Waals surface area (Å²) < 4.78 is 1.83. The Bertz CT molecular complexity index is 730. The van der Waals surface area contributed by atoms with Crippen molar-refractivity contribution in [3.63, 3.8) is 0 Å². The van der Waals surface area contributed by atoms with Crippen LogP contribution in [-0.4, -0.2) is 19.9 Å². The molecule has 3 rings (SSSR count). The van der Waals surface area contributed by atoms with Gasteiger partial charge in [0.05, 0.1) is 11.2 Å². The number of aromatic nitrogens is 3. The van der Waals surface area contributed by atoms with E-state index >= 15 is 0 Å². The normalized spacial score (nSPS) is 10.7. The van der Waals surface area contributed by atoms with Crippen LogP contribution in [0.5, 0.6) is 0 Å². The van der Waals surface area contributed by atoms with Crippen LogP contribution < -0.4 is 0 Å². The van der Waals surface area contributed by atoms with Crippen LogP contribution in [0.3, 0.4) is 0 Å². The Morgan fingerprint density at radius 1 is 1.06 bits per heavy atom. The molecule has 0 radical (unpaired) electrons. The van der Waals surface area contributed by atoms with Gasteiger partial charge in [0.15, 0.2) is 0 Å². The molecule has 0 saturated carbocycles. The SMILES string of the molecule is CC(=S)c1ccccc1-n1nnc2ccccc21. The Morgan fingerprint density at radius 3 is 2.61 bits per heavy atom. The van der Waals surface area contributed by atoms with Gasteiger partial charge in [-0.1, -0.05) is 47.8 Å². The van der Waals surface area contributed by atoms with Crippen molar-refractivity contribution >= 4 is 28.1 Å². The molecule has 18 heavy (non-hydrogen) atoms. The summed E-state index contributed by atoms with van der Waals surface area (Å²) in [5.74, 6) is 0. The molecule has 0 spiro atoms. The van der Waals surface area contributed by atoms with E-state index in [-0.39, 0.29) is 0 Å². The highest BCUT2D eigenvalue weighted by Crippen LogP contribution is 2.19. The number of fused-ring (bicyclic) bond motifs is 1. The summed E-state index contributed by atoms with van der Waals surface area (Å²) in [6, 6.07) is 15.9. The lowest BCUT2D eigenvalue weighted by atomic mass is 10.1. The Morgan fingerprint density at radius 2 is 1.78 bits per heavy atom. The fourth-order valence-electron chi connectivity index (χ4n) is 2.00. The van der Waals surface area contributed by atoms with E-state index in [1.807, 2.05) is 60.1 Å². The molecule has 0 aliphatic rings. The van der Waals surface area contributed by atoms with E-state index in [0.717, 1.165) is 27.1 Å². The third-order valence-corrected chi connectivity index (χ3v) is 3.08. The maximum atomic E-state index is 5.28. The van der Waals surface area contributed by atoms with Gasteiger partial charge >= 0.3 is 0 Å². The van der Waals surface area contributed by atoms with E-state index in [4.69, 9.17) is 12.2 Å². The summed E-state index contributed by atoms with van der Waals surface area (Å²) in [5, 5.41) is 8.38. The summed E-state index contributed by atoms with van der Waals surface area (Å²) in [6.07, 6.45) is 0. The number of rotatable bonds is 2. The summed E-state index contributed by atoms with van der Waals surface area (Å²) >= 11 is 5.28. The van der Waals surface area contributed by atoms with Gasteiger partial charge in [0.25, 0.3) is 0 Å². The van der Waals surface area contributed by atoms with Crippen molar-refractivity contribution in [2.45, 2.75) is 6.92 Å². The minimum absolute atomic E-state index is 0.852. The second-order valence-electron chi connectivity index (χ2n) is 4.06. The van der Waals surface area contributed by atoms with Crippen LogP contribution in [0.1, 0.15) is 12.5 Å². The molecule has 0 N–H and O–H groups in total. The molecule has 2 aromatic carbocycles. The van der Waals surface area contributed by atoms with Gasteiger partial charge in [0, 0.05) is 10.4 Å². The third kappa shape index (κ3) is 1.71. The highest BCUT2D eigenvalue weighted by molar-refractivity contribution is 7.80. The maximum absolute atomic E-state index is 5.28. The predicted octanol–water partition coefficient (Wildman–Crippen LogP) is 3.16. The number of hydrogen-bond donors (Lipinski definition) is 0. The largest absolute Gasteiger partial charge is 0.212 e. The van der Waals surface area contributed by atoms with E-state index < -0.39 is 0 Å². The predicted molar refractivity (Wildman–Crippen MR) is 76.2 cm³/mol. The first-order valence-electron chi connectivity index (χ1n) is 5.68. The molecule has 88 valence electrons. The summed E-state index contributed by atoms with van der Waals surface area (Å²) in [4.78, 5) is 0.852. The molecule has 3 aromatic rings. The van der Waals surface area contributed by atoms with Crippen molar-refractivity contribution < 1.29 is 0 Å². The van der Waals surface area contributed by atoms with E-state index in [1.54, 1.807) is 0 Å². The fraction of sp³-hybridized carbons (Fsp3) is 0.0714. The lowest BCUT2D eigenvalue weighted by molar-refractivity contribution is 0.823. The molecule has 0 fully saturated rings. The Hall–Kier alpha value is -2.07. The van der Waals surface area contributed by atoms with Gasteiger partial charge in [-0.25, -0.2) is 4.68 Å². The monoisotopic (exact) mass is 253 g/mol. The number of hydrogen-bond acceptors (Lipinski definition) is 3. The molecule has 1 heterocycles. The molecule has 0 aliphatic carbocycles. The first-order valence-corrected chi connectivity index (χ1v) is 6.09. The molecular formula is C14H11N3S. The van der Waals surface area contributed by atoms with E-state index in [0.29, 0.717) is 0 Å². The highest BCUT2D eigenvalue weighted by atomic mass is 32.1. The second kappa shape index (κ2) is 4.31. The Labute approximate surface area is 110 Å². The first-order chi connectivity index (χ1) is 8.77. The second-order valence-corrected chi connectivity index (χ2v) is 4.68.